The topological polar surface area (TPSA) is 76.1 Å². The molecule has 1 amide bonds. The number of para-hydroxylation sites is 1. The molecule has 0 saturated heterocycles. The number of carbonyl (C=O) groups is 1. The summed E-state index contributed by atoms with van der Waals surface area (Å²) in [6.07, 6.45) is 0. The van der Waals surface area contributed by atoms with Crippen LogP contribution in [0.2, 0.25) is 0 Å². The number of benzene rings is 1. The van der Waals surface area contributed by atoms with Crippen molar-refractivity contribution in [1.29, 1.82) is 0 Å². The van der Waals surface area contributed by atoms with E-state index in [4.69, 9.17) is 4.74 Å². The van der Waals surface area contributed by atoms with Crippen molar-refractivity contribution in [2.45, 2.75) is 20.5 Å². The van der Waals surface area contributed by atoms with Gasteiger partial charge in [-0.2, -0.15) is 0 Å². The van der Waals surface area contributed by atoms with Crippen molar-refractivity contribution in [2.75, 3.05) is 24.3 Å². The van der Waals surface area contributed by atoms with Gasteiger partial charge in [0.25, 0.3) is 0 Å². The van der Waals surface area contributed by atoms with E-state index in [9.17, 15) is 4.79 Å². The fraction of sp³-hybridized carbons (Fsp3) is 0.357. The molecule has 21 heavy (non-hydrogen) atoms. The Labute approximate surface area is 127 Å². The second kappa shape index (κ2) is 7.14. The molecule has 1 aromatic heterocycles. The van der Waals surface area contributed by atoms with Crippen LogP contribution >= 0.6 is 11.3 Å². The zero-order valence-electron chi connectivity index (χ0n) is 12.3. The van der Waals surface area contributed by atoms with Crippen LogP contribution < -0.4 is 10.6 Å². The number of hydrogen-bond donors (Lipinski definition) is 2. The van der Waals surface area contributed by atoms with Crippen molar-refractivity contribution >= 4 is 28.1 Å². The maximum Gasteiger partial charge on any atom is 0.245 e. The summed E-state index contributed by atoms with van der Waals surface area (Å²) in [5.41, 5.74) is 3.21. The van der Waals surface area contributed by atoms with Gasteiger partial charge in [-0.15, -0.1) is 10.2 Å². The Morgan fingerprint density at radius 1 is 1.29 bits per heavy atom. The van der Waals surface area contributed by atoms with Crippen LogP contribution in [0.1, 0.15) is 16.1 Å². The number of aryl methyl sites for hydroxylation is 2. The average molecular weight is 306 g/mol. The monoisotopic (exact) mass is 306 g/mol. The van der Waals surface area contributed by atoms with Gasteiger partial charge < -0.3 is 10.1 Å². The van der Waals surface area contributed by atoms with Crippen molar-refractivity contribution in [3.05, 3.63) is 34.3 Å². The molecule has 2 N–H and O–H groups in total. The molecule has 0 saturated carbocycles. The van der Waals surface area contributed by atoms with Crippen LogP contribution in [-0.4, -0.2) is 29.8 Å². The molecule has 0 aliphatic carbocycles. The van der Waals surface area contributed by atoms with E-state index < -0.39 is 0 Å². The first-order valence-corrected chi connectivity index (χ1v) is 7.33. The van der Waals surface area contributed by atoms with Gasteiger partial charge in [-0.25, -0.2) is 0 Å². The first kappa shape index (κ1) is 15.4. The fourth-order valence-corrected chi connectivity index (χ4v) is 2.64. The Bertz CT molecular complexity index is 607. The number of rotatable bonds is 6. The molecule has 7 heteroatoms. The summed E-state index contributed by atoms with van der Waals surface area (Å²) in [4.78, 5) is 11.9. The highest BCUT2D eigenvalue weighted by Crippen LogP contribution is 2.19. The van der Waals surface area contributed by atoms with Crippen LogP contribution in [-0.2, 0) is 16.1 Å². The van der Waals surface area contributed by atoms with Crippen LogP contribution in [0.3, 0.4) is 0 Å². The molecule has 0 aliphatic rings. The standard InChI is InChI=1S/C14H18N4O2S/c1-9-5-4-6-10(2)13(9)15-7-11(19)16-14-18-17-12(21-14)8-20-3/h4-6,15H,7-8H2,1-3H3,(H,16,18,19). The highest BCUT2D eigenvalue weighted by Gasteiger charge is 2.09. The van der Waals surface area contributed by atoms with E-state index in [2.05, 4.69) is 20.8 Å². The summed E-state index contributed by atoms with van der Waals surface area (Å²) >= 11 is 1.31. The molecular weight excluding hydrogens is 288 g/mol. The molecule has 112 valence electrons. The molecule has 2 aromatic rings. The van der Waals surface area contributed by atoms with E-state index in [0.29, 0.717) is 11.7 Å². The molecule has 2 rings (SSSR count). The van der Waals surface area contributed by atoms with Gasteiger partial charge in [-0.05, 0) is 25.0 Å². The number of nitrogens with one attached hydrogen (secondary N) is 2. The van der Waals surface area contributed by atoms with Crippen LogP contribution in [0.5, 0.6) is 0 Å². The minimum absolute atomic E-state index is 0.155. The van der Waals surface area contributed by atoms with Crippen molar-refractivity contribution in [3.8, 4) is 0 Å². The van der Waals surface area contributed by atoms with Gasteiger partial charge >= 0.3 is 0 Å². The molecule has 0 unspecified atom stereocenters. The smallest absolute Gasteiger partial charge is 0.245 e. The summed E-state index contributed by atoms with van der Waals surface area (Å²) in [5.74, 6) is -0.155. The number of methoxy groups -OCH3 is 1. The highest BCUT2D eigenvalue weighted by atomic mass is 32.1. The Balaban J connectivity index is 1.90. The van der Waals surface area contributed by atoms with Gasteiger partial charge in [0.15, 0.2) is 0 Å². The lowest BCUT2D eigenvalue weighted by molar-refractivity contribution is -0.114. The minimum Gasteiger partial charge on any atom is -0.377 e. The second-order valence-electron chi connectivity index (χ2n) is 4.60. The number of nitrogens with zero attached hydrogens (tertiary/aromatic N) is 2. The van der Waals surface area contributed by atoms with Crippen molar-refractivity contribution in [3.63, 3.8) is 0 Å². The van der Waals surface area contributed by atoms with Gasteiger partial charge in [-0.3, -0.25) is 10.1 Å². The average Bonchev–Trinajstić information content (AvgIpc) is 2.86. The largest absolute Gasteiger partial charge is 0.377 e. The summed E-state index contributed by atoms with van der Waals surface area (Å²) in [6.45, 7) is 4.60. The predicted molar refractivity (Wildman–Crippen MR) is 83.7 cm³/mol. The Morgan fingerprint density at radius 3 is 2.67 bits per heavy atom. The lowest BCUT2D eigenvalue weighted by Crippen LogP contribution is -2.22. The Morgan fingerprint density at radius 2 is 2.00 bits per heavy atom. The molecule has 1 heterocycles. The second-order valence-corrected chi connectivity index (χ2v) is 5.66. The van der Waals surface area contributed by atoms with Crippen LogP contribution in [0, 0.1) is 13.8 Å². The number of ether oxygens (including phenoxy) is 1. The first-order valence-electron chi connectivity index (χ1n) is 6.51. The van der Waals surface area contributed by atoms with E-state index in [1.54, 1.807) is 7.11 Å². The number of carbonyl (C=O) groups excluding carboxylic acids is 1. The number of anilines is 2. The van der Waals surface area contributed by atoms with Gasteiger partial charge in [-0.1, -0.05) is 29.5 Å². The number of hydrogen-bond acceptors (Lipinski definition) is 6. The minimum atomic E-state index is -0.155. The fourth-order valence-electron chi connectivity index (χ4n) is 1.91. The van der Waals surface area contributed by atoms with E-state index in [1.165, 1.54) is 11.3 Å². The van der Waals surface area contributed by atoms with Gasteiger partial charge in [0.05, 0.1) is 6.54 Å². The summed E-state index contributed by atoms with van der Waals surface area (Å²) in [5, 5.41) is 14.9. The van der Waals surface area contributed by atoms with Crippen molar-refractivity contribution < 1.29 is 9.53 Å². The van der Waals surface area contributed by atoms with Gasteiger partial charge in [0, 0.05) is 12.8 Å². The third-order valence-corrected chi connectivity index (χ3v) is 3.70. The zero-order valence-corrected chi connectivity index (χ0v) is 13.1. The van der Waals surface area contributed by atoms with Gasteiger partial charge in [0.1, 0.15) is 11.6 Å². The molecule has 0 radical (unpaired) electrons. The molecule has 6 nitrogen and oxygen atoms in total. The van der Waals surface area contributed by atoms with E-state index in [1.807, 2.05) is 32.0 Å². The number of amides is 1. The highest BCUT2D eigenvalue weighted by molar-refractivity contribution is 7.15. The third-order valence-electron chi connectivity index (χ3n) is 2.89. The van der Waals surface area contributed by atoms with Crippen LogP contribution in [0.15, 0.2) is 18.2 Å². The Kier molecular flexibility index (Phi) is 5.24. The summed E-state index contributed by atoms with van der Waals surface area (Å²) < 4.78 is 4.96. The molecule has 0 aliphatic heterocycles. The molecule has 0 fully saturated rings. The maximum atomic E-state index is 11.9. The SMILES string of the molecule is COCc1nnc(NC(=O)CNc2c(C)cccc2C)s1. The van der Waals surface area contributed by atoms with E-state index >= 15 is 0 Å². The molecular formula is C14H18N4O2S. The molecule has 1 aromatic carbocycles. The quantitative estimate of drug-likeness (QED) is 0.857. The Hall–Kier alpha value is -1.99. The molecule has 0 atom stereocenters. The normalized spacial score (nSPS) is 10.4. The summed E-state index contributed by atoms with van der Waals surface area (Å²) in [6, 6.07) is 6.01. The molecule has 0 bridgehead atoms. The van der Waals surface area contributed by atoms with Crippen molar-refractivity contribution in [1.82, 2.24) is 10.2 Å². The van der Waals surface area contributed by atoms with Gasteiger partial charge in [0.2, 0.25) is 11.0 Å². The zero-order chi connectivity index (χ0) is 15.2. The third kappa shape index (κ3) is 4.24. The summed E-state index contributed by atoms with van der Waals surface area (Å²) in [7, 11) is 1.59. The van der Waals surface area contributed by atoms with Crippen LogP contribution in [0.4, 0.5) is 10.8 Å². The van der Waals surface area contributed by atoms with E-state index in [-0.39, 0.29) is 12.5 Å². The lowest BCUT2D eigenvalue weighted by atomic mass is 10.1. The predicted octanol–water partition coefficient (Wildman–Crippen LogP) is 2.35. The molecule has 0 spiro atoms. The lowest BCUT2D eigenvalue weighted by Gasteiger charge is -2.11. The van der Waals surface area contributed by atoms with E-state index in [0.717, 1.165) is 21.8 Å². The number of aromatic nitrogens is 2. The first-order chi connectivity index (χ1) is 10.1. The van der Waals surface area contributed by atoms with Crippen LogP contribution in [0.25, 0.3) is 0 Å². The maximum absolute atomic E-state index is 11.9. The van der Waals surface area contributed by atoms with Crippen molar-refractivity contribution in [2.24, 2.45) is 0 Å².